The molecule has 0 unspecified atom stereocenters. The molecule has 8 nitrogen and oxygen atoms in total. The number of hydrogen-bond donors (Lipinski definition) is 2. The van der Waals surface area contributed by atoms with Gasteiger partial charge in [-0.05, 0) is 73.2 Å². The highest BCUT2D eigenvalue weighted by molar-refractivity contribution is 7.16. The highest BCUT2D eigenvalue weighted by atomic mass is 32.1. The summed E-state index contributed by atoms with van der Waals surface area (Å²) in [5.41, 5.74) is 5.69. The molecule has 1 heterocycles. The van der Waals surface area contributed by atoms with Gasteiger partial charge in [-0.15, -0.1) is 11.3 Å². The number of anilines is 2. The topological polar surface area (TPSA) is 108 Å². The maximum absolute atomic E-state index is 13.7. The number of Topliss-reactive ketones (excluding diaryl/α,β-unsaturated/α-hetero) is 1. The third-order valence-corrected chi connectivity index (χ3v) is 7.66. The van der Waals surface area contributed by atoms with Gasteiger partial charge in [0.2, 0.25) is 5.91 Å². The zero-order chi connectivity index (χ0) is 29.6. The Morgan fingerprint density at radius 3 is 2.24 bits per heavy atom. The van der Waals surface area contributed by atoms with Gasteiger partial charge in [0.05, 0.1) is 15.7 Å². The van der Waals surface area contributed by atoms with Crippen molar-refractivity contribution in [3.8, 4) is 0 Å². The molecule has 210 valence electrons. The lowest BCUT2D eigenvalue weighted by atomic mass is 10.0. The van der Waals surface area contributed by atoms with Crippen molar-refractivity contribution >= 4 is 56.4 Å². The monoisotopic (exact) mass is 576 g/mol. The zero-order valence-electron chi connectivity index (χ0n) is 23.0. The Kier molecular flexibility index (Phi) is 8.50. The molecule has 2 N–H and O–H groups in total. The SMILES string of the molecule is CC(=O)c1ccc(NC(=O)c2cccc(C(=O)N[C@@H](Cc3ccccc3)C(=O)N(C)c3ccc4scnc4c3)c2)cc1. The summed E-state index contributed by atoms with van der Waals surface area (Å²) in [7, 11) is 1.67. The summed E-state index contributed by atoms with van der Waals surface area (Å²) in [4.78, 5) is 57.5. The molecular weight excluding hydrogens is 548 g/mol. The minimum atomic E-state index is -0.867. The molecule has 5 aromatic rings. The third kappa shape index (κ3) is 6.59. The quantitative estimate of drug-likeness (QED) is 0.217. The molecule has 0 saturated heterocycles. The molecule has 42 heavy (non-hydrogen) atoms. The molecule has 0 radical (unpaired) electrons. The van der Waals surface area contributed by atoms with Gasteiger partial charge in [0.1, 0.15) is 6.04 Å². The number of carbonyl (C=O) groups excluding carboxylic acids is 4. The number of benzene rings is 4. The van der Waals surface area contributed by atoms with Gasteiger partial charge in [-0.1, -0.05) is 36.4 Å². The Morgan fingerprint density at radius 2 is 1.52 bits per heavy atom. The van der Waals surface area contributed by atoms with Gasteiger partial charge in [-0.25, -0.2) is 4.98 Å². The Morgan fingerprint density at radius 1 is 0.810 bits per heavy atom. The normalized spacial score (nSPS) is 11.5. The molecule has 0 aliphatic heterocycles. The second kappa shape index (κ2) is 12.6. The van der Waals surface area contributed by atoms with Crippen LogP contribution in [0.5, 0.6) is 0 Å². The fourth-order valence-electron chi connectivity index (χ4n) is 4.50. The number of amides is 3. The fourth-order valence-corrected chi connectivity index (χ4v) is 5.16. The van der Waals surface area contributed by atoms with Crippen molar-refractivity contribution < 1.29 is 19.2 Å². The van der Waals surface area contributed by atoms with Gasteiger partial charge in [-0.2, -0.15) is 0 Å². The maximum Gasteiger partial charge on any atom is 0.255 e. The molecule has 0 spiro atoms. The first-order valence-electron chi connectivity index (χ1n) is 13.3. The largest absolute Gasteiger partial charge is 0.340 e. The van der Waals surface area contributed by atoms with Crippen LogP contribution in [-0.2, 0) is 11.2 Å². The van der Waals surface area contributed by atoms with Crippen LogP contribution in [-0.4, -0.2) is 41.6 Å². The van der Waals surface area contributed by atoms with Crippen LogP contribution in [0, 0.1) is 0 Å². The Labute approximate surface area is 247 Å². The lowest BCUT2D eigenvalue weighted by molar-refractivity contribution is -0.120. The highest BCUT2D eigenvalue weighted by Gasteiger charge is 2.26. The summed E-state index contributed by atoms with van der Waals surface area (Å²) in [6, 6.07) is 27.1. The van der Waals surface area contributed by atoms with Crippen LogP contribution in [0.15, 0.2) is 103 Å². The van der Waals surface area contributed by atoms with E-state index >= 15 is 0 Å². The van der Waals surface area contributed by atoms with Crippen molar-refractivity contribution in [2.75, 3.05) is 17.3 Å². The number of hydrogen-bond acceptors (Lipinski definition) is 6. The average Bonchev–Trinajstić information content (AvgIpc) is 3.49. The van der Waals surface area contributed by atoms with Crippen LogP contribution in [0.25, 0.3) is 10.2 Å². The molecular formula is C33H28N4O4S. The molecule has 9 heteroatoms. The Hall–Kier alpha value is -5.15. The fraction of sp³-hybridized carbons (Fsp3) is 0.121. The van der Waals surface area contributed by atoms with Gasteiger partial charge in [0, 0.05) is 41.5 Å². The van der Waals surface area contributed by atoms with E-state index < -0.39 is 17.9 Å². The van der Waals surface area contributed by atoms with E-state index in [9.17, 15) is 19.2 Å². The molecule has 1 atom stereocenters. The van der Waals surface area contributed by atoms with Crippen LogP contribution in [0.1, 0.15) is 43.6 Å². The third-order valence-electron chi connectivity index (χ3n) is 6.85. The van der Waals surface area contributed by atoms with Crippen LogP contribution >= 0.6 is 11.3 Å². The van der Waals surface area contributed by atoms with E-state index in [1.165, 1.54) is 29.2 Å². The smallest absolute Gasteiger partial charge is 0.255 e. The molecule has 1 aromatic heterocycles. The average molecular weight is 577 g/mol. The van der Waals surface area contributed by atoms with E-state index in [0.29, 0.717) is 16.9 Å². The summed E-state index contributed by atoms with van der Waals surface area (Å²) >= 11 is 1.52. The number of carbonyl (C=O) groups is 4. The summed E-state index contributed by atoms with van der Waals surface area (Å²) in [6.45, 7) is 1.47. The number of nitrogens with one attached hydrogen (secondary N) is 2. The summed E-state index contributed by atoms with van der Waals surface area (Å²) in [5, 5.41) is 5.67. The predicted octanol–water partition coefficient (Wildman–Crippen LogP) is 5.76. The van der Waals surface area contributed by atoms with Crippen molar-refractivity contribution in [3.05, 3.63) is 125 Å². The first-order chi connectivity index (χ1) is 20.3. The van der Waals surface area contributed by atoms with E-state index in [0.717, 1.165) is 15.8 Å². The molecule has 3 amide bonds. The van der Waals surface area contributed by atoms with E-state index in [-0.39, 0.29) is 29.2 Å². The van der Waals surface area contributed by atoms with Gasteiger partial charge >= 0.3 is 0 Å². The van der Waals surface area contributed by atoms with Crippen molar-refractivity contribution in [2.24, 2.45) is 0 Å². The molecule has 0 aliphatic carbocycles. The number of likely N-dealkylation sites (N-methyl/N-ethyl adjacent to an activating group) is 1. The standard InChI is InChI=1S/C33H28N4O4S/c1-21(38)23-11-13-26(14-12-23)35-31(39)24-9-6-10-25(18-24)32(40)36-29(17-22-7-4-3-5-8-22)33(41)37(2)27-15-16-30-28(19-27)34-20-42-30/h3-16,18-20,29H,17H2,1-2H3,(H,35,39)(H,36,40)/t29-/m0/s1. The molecule has 0 bridgehead atoms. The van der Waals surface area contributed by atoms with E-state index in [1.807, 2.05) is 48.5 Å². The van der Waals surface area contributed by atoms with Gasteiger partial charge < -0.3 is 15.5 Å². The van der Waals surface area contributed by atoms with Gasteiger partial charge in [0.15, 0.2) is 5.78 Å². The predicted molar refractivity (Wildman–Crippen MR) is 165 cm³/mol. The number of rotatable bonds is 9. The Balaban J connectivity index is 1.34. The van der Waals surface area contributed by atoms with Crippen molar-refractivity contribution in [2.45, 2.75) is 19.4 Å². The van der Waals surface area contributed by atoms with Crippen molar-refractivity contribution in [1.82, 2.24) is 10.3 Å². The number of ketones is 1. The minimum Gasteiger partial charge on any atom is -0.340 e. The van der Waals surface area contributed by atoms with Gasteiger partial charge in [0.25, 0.3) is 11.8 Å². The number of fused-ring (bicyclic) bond motifs is 1. The molecule has 0 fully saturated rings. The van der Waals surface area contributed by atoms with Crippen LogP contribution in [0.2, 0.25) is 0 Å². The molecule has 4 aromatic carbocycles. The lowest BCUT2D eigenvalue weighted by Crippen LogP contribution is -2.48. The van der Waals surface area contributed by atoms with E-state index in [2.05, 4.69) is 15.6 Å². The Bertz CT molecular complexity index is 1770. The number of aromatic nitrogens is 1. The second-order valence-electron chi connectivity index (χ2n) is 9.79. The van der Waals surface area contributed by atoms with Crippen molar-refractivity contribution in [3.63, 3.8) is 0 Å². The van der Waals surface area contributed by atoms with Gasteiger partial charge in [-0.3, -0.25) is 19.2 Å². The minimum absolute atomic E-state index is 0.0672. The zero-order valence-corrected chi connectivity index (χ0v) is 23.9. The van der Waals surface area contributed by atoms with Crippen LogP contribution < -0.4 is 15.5 Å². The number of nitrogens with zero attached hydrogens (tertiary/aromatic N) is 2. The summed E-state index contributed by atoms with van der Waals surface area (Å²) in [5.74, 6) is -1.24. The van der Waals surface area contributed by atoms with Crippen LogP contribution in [0.4, 0.5) is 11.4 Å². The molecule has 0 aliphatic rings. The molecule has 0 saturated carbocycles. The first kappa shape index (κ1) is 28.4. The number of thiazole rings is 1. The summed E-state index contributed by atoms with van der Waals surface area (Å²) < 4.78 is 1.02. The summed E-state index contributed by atoms with van der Waals surface area (Å²) in [6.07, 6.45) is 0.283. The van der Waals surface area contributed by atoms with Crippen LogP contribution in [0.3, 0.4) is 0 Å². The highest BCUT2D eigenvalue weighted by Crippen LogP contribution is 2.24. The maximum atomic E-state index is 13.7. The van der Waals surface area contributed by atoms with E-state index in [4.69, 9.17) is 0 Å². The molecule has 5 rings (SSSR count). The lowest BCUT2D eigenvalue weighted by Gasteiger charge is -2.25. The van der Waals surface area contributed by atoms with E-state index in [1.54, 1.807) is 55.0 Å². The van der Waals surface area contributed by atoms with Crippen molar-refractivity contribution in [1.29, 1.82) is 0 Å². The second-order valence-corrected chi connectivity index (χ2v) is 10.7. The first-order valence-corrected chi connectivity index (χ1v) is 14.1.